The van der Waals surface area contributed by atoms with Gasteiger partial charge in [0.05, 0.1) is 11.3 Å². The Morgan fingerprint density at radius 1 is 1.35 bits per heavy atom. The Bertz CT molecular complexity index is 1080. The molecule has 2 atom stereocenters. The van der Waals surface area contributed by atoms with Crippen LogP contribution in [0, 0.1) is 5.41 Å². The molecule has 0 radical (unpaired) electrons. The third kappa shape index (κ3) is 5.85. The van der Waals surface area contributed by atoms with Crippen molar-refractivity contribution in [3.05, 3.63) is 83.2 Å². The molecule has 3 rings (SSSR count). The summed E-state index contributed by atoms with van der Waals surface area (Å²) in [5, 5.41) is 13.7. The van der Waals surface area contributed by atoms with Crippen LogP contribution in [0.4, 0.5) is 8.78 Å². The Morgan fingerprint density at radius 3 is 2.68 bits per heavy atom. The van der Waals surface area contributed by atoms with Crippen molar-refractivity contribution >= 4 is 17.5 Å². The molecule has 0 unspecified atom stereocenters. The Balaban J connectivity index is 1.88. The second-order valence-electron chi connectivity index (χ2n) is 8.43. The van der Waals surface area contributed by atoms with Gasteiger partial charge in [0, 0.05) is 30.7 Å². The van der Waals surface area contributed by atoms with E-state index in [1.165, 1.54) is 18.4 Å². The van der Waals surface area contributed by atoms with E-state index in [0.717, 1.165) is 5.56 Å². The SMILES string of the molecule is C=C(C)[C@@]1(OC(F)F)CC[C@H](c2ccccc2)/C(=C/C(=N)C(=O)NC2=CNCC(C(N)=O)=C2)C1. The largest absolute Gasteiger partial charge is 0.385 e. The minimum absolute atomic E-state index is 0.0812. The first kappa shape index (κ1) is 25.0. The van der Waals surface area contributed by atoms with E-state index >= 15 is 0 Å². The molecular formula is C25H28F2N4O3. The van der Waals surface area contributed by atoms with Gasteiger partial charge in [0.1, 0.15) is 5.71 Å². The molecule has 9 heteroatoms. The predicted octanol–water partition coefficient (Wildman–Crippen LogP) is 3.43. The molecule has 1 aliphatic heterocycles. The third-order valence-electron chi connectivity index (χ3n) is 6.10. The Hall–Kier alpha value is -3.59. The highest BCUT2D eigenvalue weighted by molar-refractivity contribution is 6.42. The molecule has 1 aliphatic carbocycles. The topological polar surface area (TPSA) is 117 Å². The van der Waals surface area contributed by atoms with Crippen molar-refractivity contribution in [1.82, 2.24) is 10.6 Å². The highest BCUT2D eigenvalue weighted by atomic mass is 19.3. The maximum Gasteiger partial charge on any atom is 0.346 e. The van der Waals surface area contributed by atoms with Crippen molar-refractivity contribution < 1.29 is 23.1 Å². The summed E-state index contributed by atoms with van der Waals surface area (Å²) in [4.78, 5) is 24.1. The standard InChI is InChI=1S/C25H28F2N4O3/c1-15(2)25(34-24(26)27)9-8-20(16-6-4-3-5-7-16)17(12-25)11-21(28)23(33)31-19-10-18(22(29)32)13-30-14-19/h3-7,10-11,14,20,24,28,30H,1,8-9,12-13H2,2H3,(H2,29,32)(H,31,33)/b17-11+,28-21?/t20-,25-/m1/s1. The lowest BCUT2D eigenvalue weighted by molar-refractivity contribution is -0.200. The van der Waals surface area contributed by atoms with Crippen LogP contribution in [-0.4, -0.2) is 36.3 Å². The zero-order valence-corrected chi connectivity index (χ0v) is 18.9. The van der Waals surface area contributed by atoms with Crippen LogP contribution in [0.1, 0.15) is 37.7 Å². The number of benzene rings is 1. The molecular weight excluding hydrogens is 442 g/mol. The third-order valence-corrected chi connectivity index (χ3v) is 6.10. The first-order chi connectivity index (χ1) is 16.1. The number of amides is 2. The molecule has 1 heterocycles. The van der Waals surface area contributed by atoms with Gasteiger partial charge in [-0.3, -0.25) is 15.0 Å². The lowest BCUT2D eigenvalue weighted by Gasteiger charge is -2.42. The van der Waals surface area contributed by atoms with Gasteiger partial charge < -0.3 is 21.1 Å². The van der Waals surface area contributed by atoms with Crippen LogP contribution in [-0.2, 0) is 14.3 Å². The summed E-state index contributed by atoms with van der Waals surface area (Å²) in [5.41, 5.74) is 6.28. The second kappa shape index (κ2) is 10.6. The number of alkyl halides is 2. The number of hydrogen-bond donors (Lipinski definition) is 4. The van der Waals surface area contributed by atoms with Crippen LogP contribution in [0.2, 0.25) is 0 Å². The number of rotatable bonds is 8. The van der Waals surface area contributed by atoms with E-state index in [9.17, 15) is 18.4 Å². The van der Waals surface area contributed by atoms with Gasteiger partial charge in [-0.15, -0.1) is 0 Å². The van der Waals surface area contributed by atoms with Crippen LogP contribution < -0.4 is 16.4 Å². The molecule has 0 spiro atoms. The van der Waals surface area contributed by atoms with Crippen LogP contribution in [0.15, 0.2) is 77.7 Å². The minimum Gasteiger partial charge on any atom is -0.385 e. The summed E-state index contributed by atoms with van der Waals surface area (Å²) >= 11 is 0. The van der Waals surface area contributed by atoms with E-state index in [2.05, 4.69) is 17.2 Å². The molecule has 1 aromatic rings. The van der Waals surface area contributed by atoms with Crippen LogP contribution in [0.25, 0.3) is 0 Å². The maximum absolute atomic E-state index is 13.3. The fourth-order valence-electron chi connectivity index (χ4n) is 4.29. The molecule has 1 saturated carbocycles. The lowest BCUT2D eigenvalue weighted by atomic mass is 9.70. The van der Waals surface area contributed by atoms with E-state index in [1.807, 2.05) is 30.3 Å². The quantitative estimate of drug-likeness (QED) is 0.344. The van der Waals surface area contributed by atoms with Gasteiger partial charge in [0.2, 0.25) is 5.91 Å². The molecule has 0 aromatic heterocycles. The lowest BCUT2D eigenvalue weighted by Crippen LogP contribution is -2.40. The number of nitrogens with one attached hydrogen (secondary N) is 3. The molecule has 2 aliphatic rings. The summed E-state index contributed by atoms with van der Waals surface area (Å²) in [7, 11) is 0. The Morgan fingerprint density at radius 2 is 2.06 bits per heavy atom. The molecule has 180 valence electrons. The molecule has 1 fully saturated rings. The average Bonchev–Trinajstić information content (AvgIpc) is 2.79. The summed E-state index contributed by atoms with van der Waals surface area (Å²) in [5.74, 6) is -1.50. The number of halogens is 2. The highest BCUT2D eigenvalue weighted by Crippen LogP contribution is 2.47. The predicted molar refractivity (Wildman–Crippen MR) is 125 cm³/mol. The molecule has 2 amide bonds. The highest BCUT2D eigenvalue weighted by Gasteiger charge is 2.42. The van der Waals surface area contributed by atoms with Crippen LogP contribution in [0.5, 0.6) is 0 Å². The van der Waals surface area contributed by atoms with Crippen molar-refractivity contribution in [1.29, 1.82) is 5.41 Å². The fraction of sp³-hybridized carbons (Fsp3) is 0.320. The number of carbonyl (C=O) groups excluding carboxylic acids is 2. The van der Waals surface area contributed by atoms with Gasteiger partial charge in [-0.2, -0.15) is 8.78 Å². The molecule has 0 bridgehead atoms. The average molecular weight is 471 g/mol. The van der Waals surface area contributed by atoms with Crippen molar-refractivity contribution in [3.8, 4) is 0 Å². The first-order valence-electron chi connectivity index (χ1n) is 10.8. The zero-order chi connectivity index (χ0) is 24.9. The van der Waals surface area contributed by atoms with Crippen LogP contribution >= 0.6 is 0 Å². The summed E-state index contributed by atoms with van der Waals surface area (Å²) in [6.07, 6.45) is 5.26. The number of primary amides is 1. The number of nitrogens with two attached hydrogens (primary N) is 1. The van der Waals surface area contributed by atoms with Gasteiger partial charge in [0.15, 0.2) is 0 Å². The molecule has 34 heavy (non-hydrogen) atoms. The second-order valence-corrected chi connectivity index (χ2v) is 8.43. The number of carbonyl (C=O) groups is 2. The van der Waals surface area contributed by atoms with E-state index < -0.39 is 24.0 Å². The van der Waals surface area contributed by atoms with E-state index in [1.54, 1.807) is 6.92 Å². The monoisotopic (exact) mass is 470 g/mol. The van der Waals surface area contributed by atoms with Gasteiger partial charge in [0.25, 0.3) is 5.91 Å². The van der Waals surface area contributed by atoms with Crippen molar-refractivity contribution in [2.75, 3.05) is 6.54 Å². The van der Waals surface area contributed by atoms with Crippen molar-refractivity contribution in [3.63, 3.8) is 0 Å². The van der Waals surface area contributed by atoms with E-state index in [0.29, 0.717) is 24.0 Å². The van der Waals surface area contributed by atoms with Gasteiger partial charge >= 0.3 is 6.61 Å². The smallest absolute Gasteiger partial charge is 0.346 e. The minimum atomic E-state index is -2.98. The van der Waals surface area contributed by atoms with Crippen molar-refractivity contribution in [2.45, 2.75) is 44.3 Å². The fourth-order valence-corrected chi connectivity index (χ4v) is 4.29. The summed E-state index contributed by atoms with van der Waals surface area (Å²) < 4.78 is 31.6. The molecule has 7 nitrogen and oxygen atoms in total. The molecule has 1 aromatic carbocycles. The van der Waals surface area contributed by atoms with Crippen molar-refractivity contribution in [2.24, 2.45) is 5.73 Å². The summed E-state index contributed by atoms with van der Waals surface area (Å²) in [6, 6.07) is 9.50. The first-order valence-corrected chi connectivity index (χ1v) is 10.8. The molecule has 0 saturated heterocycles. The van der Waals surface area contributed by atoms with Gasteiger partial charge in [-0.05, 0) is 43.1 Å². The Labute approximate surface area is 196 Å². The number of ether oxygens (including phenoxy) is 1. The maximum atomic E-state index is 13.3. The van der Waals surface area contributed by atoms with Crippen LogP contribution in [0.3, 0.4) is 0 Å². The summed E-state index contributed by atoms with van der Waals surface area (Å²) in [6.45, 7) is 2.77. The van der Waals surface area contributed by atoms with Gasteiger partial charge in [-0.1, -0.05) is 42.5 Å². The number of hydrogen-bond acceptors (Lipinski definition) is 5. The van der Waals surface area contributed by atoms with E-state index in [-0.39, 0.29) is 35.9 Å². The zero-order valence-electron chi connectivity index (χ0n) is 18.9. The normalized spacial score (nSPS) is 23.5. The molecule has 5 N–H and O–H groups in total. The van der Waals surface area contributed by atoms with Gasteiger partial charge in [-0.25, -0.2) is 0 Å². The number of dihydropyridines is 1. The Kier molecular flexibility index (Phi) is 7.78. The number of allylic oxidation sites excluding steroid dienone is 1. The van der Waals surface area contributed by atoms with E-state index in [4.69, 9.17) is 15.9 Å².